The summed E-state index contributed by atoms with van der Waals surface area (Å²) in [4.78, 5) is 5.07. The van der Waals surface area contributed by atoms with Crippen LogP contribution < -0.4 is 5.48 Å². The van der Waals surface area contributed by atoms with Crippen molar-refractivity contribution in [3.8, 4) is 0 Å². The molecule has 0 aliphatic heterocycles. The summed E-state index contributed by atoms with van der Waals surface area (Å²) in [6.07, 6.45) is 2.02. The van der Waals surface area contributed by atoms with E-state index < -0.39 is 0 Å². The van der Waals surface area contributed by atoms with Crippen LogP contribution in [0, 0.1) is 0 Å². The second kappa shape index (κ2) is 4.89. The average molecular weight is 196 g/mol. The van der Waals surface area contributed by atoms with E-state index in [-0.39, 0.29) is 0 Å². The van der Waals surface area contributed by atoms with Crippen LogP contribution >= 0.6 is 11.8 Å². The number of hydrogen-bond donors (Lipinski definition) is 2. The largest absolute Gasteiger partial charge is 0.290 e. The van der Waals surface area contributed by atoms with E-state index in [1.807, 2.05) is 36.0 Å². The highest BCUT2D eigenvalue weighted by atomic mass is 32.2. The molecule has 4 heteroatoms. The van der Waals surface area contributed by atoms with E-state index >= 15 is 0 Å². The van der Waals surface area contributed by atoms with Crippen LogP contribution in [-0.2, 0) is 0 Å². The first-order valence-corrected chi connectivity index (χ1v) is 5.05. The molecule has 0 aromatic heterocycles. The maximum Gasteiger partial charge on any atom is 0.151 e. The lowest BCUT2D eigenvalue weighted by Gasteiger charge is -2.03. The molecule has 1 rings (SSSR count). The van der Waals surface area contributed by atoms with Crippen LogP contribution in [0.3, 0.4) is 0 Å². The lowest BCUT2D eigenvalue weighted by molar-refractivity contribution is 0.235. The SMILES string of the molecule is CN=C(NO)c1ccc(SC)cc1. The van der Waals surface area contributed by atoms with Crippen LogP contribution in [0.5, 0.6) is 0 Å². The lowest BCUT2D eigenvalue weighted by atomic mass is 10.2. The third kappa shape index (κ3) is 2.47. The van der Waals surface area contributed by atoms with Crippen molar-refractivity contribution in [1.82, 2.24) is 5.48 Å². The molecule has 0 aliphatic rings. The van der Waals surface area contributed by atoms with Gasteiger partial charge in [0.2, 0.25) is 0 Å². The monoisotopic (exact) mass is 196 g/mol. The lowest BCUT2D eigenvalue weighted by Crippen LogP contribution is -2.19. The fourth-order valence-corrected chi connectivity index (χ4v) is 1.40. The number of benzene rings is 1. The Morgan fingerprint density at radius 2 is 2.00 bits per heavy atom. The number of hydrogen-bond acceptors (Lipinski definition) is 3. The van der Waals surface area contributed by atoms with E-state index in [9.17, 15) is 0 Å². The van der Waals surface area contributed by atoms with Gasteiger partial charge in [0.1, 0.15) is 0 Å². The van der Waals surface area contributed by atoms with Gasteiger partial charge in [-0.25, -0.2) is 0 Å². The fourth-order valence-electron chi connectivity index (χ4n) is 0.993. The zero-order valence-electron chi connectivity index (χ0n) is 7.61. The van der Waals surface area contributed by atoms with Crippen molar-refractivity contribution < 1.29 is 5.21 Å². The van der Waals surface area contributed by atoms with E-state index in [0.29, 0.717) is 5.84 Å². The summed E-state index contributed by atoms with van der Waals surface area (Å²) >= 11 is 1.68. The molecule has 0 bridgehead atoms. The van der Waals surface area contributed by atoms with Crippen LogP contribution in [-0.4, -0.2) is 24.3 Å². The molecule has 0 unspecified atom stereocenters. The van der Waals surface area contributed by atoms with Crippen LogP contribution in [0.1, 0.15) is 5.56 Å². The Labute approximate surface area is 81.8 Å². The number of nitrogens with zero attached hydrogens (tertiary/aromatic N) is 1. The molecule has 0 fully saturated rings. The first-order chi connectivity index (χ1) is 6.31. The van der Waals surface area contributed by atoms with Crippen molar-refractivity contribution in [3.05, 3.63) is 29.8 Å². The molecule has 0 heterocycles. The molecule has 2 N–H and O–H groups in total. The van der Waals surface area contributed by atoms with Crippen molar-refractivity contribution in [3.63, 3.8) is 0 Å². The van der Waals surface area contributed by atoms with Gasteiger partial charge in [0.15, 0.2) is 5.84 Å². The summed E-state index contributed by atoms with van der Waals surface area (Å²) in [5.74, 6) is 0.479. The van der Waals surface area contributed by atoms with Gasteiger partial charge >= 0.3 is 0 Å². The molecule has 70 valence electrons. The maximum atomic E-state index is 8.72. The molecule has 0 saturated carbocycles. The van der Waals surface area contributed by atoms with Crippen molar-refractivity contribution in [2.24, 2.45) is 4.99 Å². The second-order valence-corrected chi connectivity index (χ2v) is 3.29. The predicted molar refractivity (Wildman–Crippen MR) is 55.6 cm³/mol. The molecule has 3 nitrogen and oxygen atoms in total. The number of hydroxylamine groups is 1. The first kappa shape index (κ1) is 10.1. The first-order valence-electron chi connectivity index (χ1n) is 3.83. The second-order valence-electron chi connectivity index (χ2n) is 2.41. The minimum Gasteiger partial charge on any atom is -0.290 e. The minimum absolute atomic E-state index is 0.479. The zero-order valence-corrected chi connectivity index (χ0v) is 8.43. The van der Waals surface area contributed by atoms with Crippen molar-refractivity contribution in [1.29, 1.82) is 0 Å². The third-order valence-corrected chi connectivity index (χ3v) is 2.44. The fraction of sp³-hybridized carbons (Fsp3) is 0.222. The molecule has 0 saturated heterocycles. The molecule has 0 amide bonds. The van der Waals surface area contributed by atoms with Crippen LogP contribution in [0.4, 0.5) is 0 Å². The van der Waals surface area contributed by atoms with Crippen LogP contribution in [0.25, 0.3) is 0 Å². The molecule has 0 radical (unpaired) electrons. The molecule has 1 aromatic carbocycles. The summed E-state index contributed by atoms with van der Waals surface area (Å²) in [5.41, 5.74) is 2.93. The van der Waals surface area contributed by atoms with Gasteiger partial charge in [-0.1, -0.05) is 12.1 Å². The van der Waals surface area contributed by atoms with E-state index in [4.69, 9.17) is 5.21 Å². The van der Waals surface area contributed by atoms with Gasteiger partial charge in [-0.2, -0.15) is 0 Å². The van der Waals surface area contributed by atoms with Crippen LogP contribution in [0.2, 0.25) is 0 Å². The Morgan fingerprint density at radius 3 is 2.38 bits per heavy atom. The summed E-state index contributed by atoms with van der Waals surface area (Å²) < 4.78 is 0. The van der Waals surface area contributed by atoms with E-state index in [0.717, 1.165) is 5.56 Å². The standard InChI is InChI=1S/C9H12N2OS/c1-10-9(11-12)7-3-5-8(13-2)6-4-7/h3-6,12H,1-2H3,(H,10,11). The van der Waals surface area contributed by atoms with Gasteiger partial charge in [0, 0.05) is 17.5 Å². The highest BCUT2D eigenvalue weighted by Gasteiger charge is 1.99. The van der Waals surface area contributed by atoms with Crippen molar-refractivity contribution in [2.45, 2.75) is 4.90 Å². The Morgan fingerprint density at radius 1 is 1.38 bits per heavy atom. The molecular weight excluding hydrogens is 184 g/mol. The van der Waals surface area contributed by atoms with E-state index in [2.05, 4.69) is 4.99 Å². The minimum atomic E-state index is 0.479. The summed E-state index contributed by atoms with van der Waals surface area (Å²) in [5, 5.41) is 8.72. The topological polar surface area (TPSA) is 44.6 Å². The molecule has 0 spiro atoms. The van der Waals surface area contributed by atoms with Gasteiger partial charge in [-0.15, -0.1) is 11.8 Å². The smallest absolute Gasteiger partial charge is 0.151 e. The van der Waals surface area contributed by atoms with Gasteiger partial charge in [-0.05, 0) is 18.4 Å². The summed E-state index contributed by atoms with van der Waals surface area (Å²) in [7, 11) is 1.63. The zero-order chi connectivity index (χ0) is 9.68. The molecule has 0 atom stereocenters. The normalized spacial score (nSPS) is 11.5. The van der Waals surface area contributed by atoms with Gasteiger partial charge in [0.25, 0.3) is 0 Å². The number of rotatable bonds is 2. The Kier molecular flexibility index (Phi) is 3.79. The Hall–Kier alpha value is -1.00. The molecule has 1 aromatic rings. The summed E-state index contributed by atoms with van der Waals surface area (Å²) in [6, 6.07) is 7.81. The highest BCUT2D eigenvalue weighted by molar-refractivity contribution is 7.98. The number of nitrogens with one attached hydrogen (secondary N) is 1. The Bertz CT molecular complexity index is 295. The molecule has 0 aliphatic carbocycles. The van der Waals surface area contributed by atoms with Gasteiger partial charge in [0.05, 0.1) is 0 Å². The number of thioether (sulfide) groups is 1. The van der Waals surface area contributed by atoms with Gasteiger partial charge < -0.3 is 0 Å². The van der Waals surface area contributed by atoms with Crippen molar-refractivity contribution >= 4 is 17.6 Å². The molecule has 13 heavy (non-hydrogen) atoms. The van der Waals surface area contributed by atoms with E-state index in [1.54, 1.807) is 18.8 Å². The number of amidine groups is 1. The van der Waals surface area contributed by atoms with Crippen molar-refractivity contribution in [2.75, 3.05) is 13.3 Å². The molecular formula is C9H12N2OS. The predicted octanol–water partition coefficient (Wildman–Crippen LogP) is 1.76. The Balaban J connectivity index is 2.91. The number of aliphatic imine (C=N–C) groups is 1. The average Bonchev–Trinajstić information content (AvgIpc) is 2.21. The van der Waals surface area contributed by atoms with Gasteiger partial charge in [-0.3, -0.25) is 15.7 Å². The highest BCUT2D eigenvalue weighted by Crippen LogP contribution is 2.14. The van der Waals surface area contributed by atoms with Crippen LogP contribution in [0.15, 0.2) is 34.2 Å². The quantitative estimate of drug-likeness (QED) is 0.328. The van der Waals surface area contributed by atoms with E-state index in [1.165, 1.54) is 4.90 Å². The maximum absolute atomic E-state index is 8.72. The third-order valence-electron chi connectivity index (χ3n) is 1.69. The summed E-state index contributed by atoms with van der Waals surface area (Å²) in [6.45, 7) is 0.